The van der Waals surface area contributed by atoms with E-state index in [1.807, 2.05) is 18.4 Å². The van der Waals surface area contributed by atoms with Crippen LogP contribution < -0.4 is 0 Å². The Balaban J connectivity index is 2.42. The van der Waals surface area contributed by atoms with Crippen LogP contribution in [0.5, 0.6) is 0 Å². The standard InChI is InChI=1S/C12H16O2S/c1-9-5-8-15-10(9)12(11(13)14)6-3-2-4-7-12/h5,8H,2-4,6-7H2,1H3,(H,13,14). The van der Waals surface area contributed by atoms with Crippen molar-refractivity contribution < 1.29 is 9.90 Å². The number of rotatable bonds is 2. The van der Waals surface area contributed by atoms with Crippen molar-refractivity contribution in [3.8, 4) is 0 Å². The fourth-order valence-corrected chi connectivity index (χ4v) is 3.74. The molecule has 2 rings (SSSR count). The van der Waals surface area contributed by atoms with Crippen LogP contribution in [0.25, 0.3) is 0 Å². The molecule has 0 unspecified atom stereocenters. The minimum atomic E-state index is -0.632. The van der Waals surface area contributed by atoms with E-state index in [9.17, 15) is 9.90 Å². The number of carboxylic acid groups (broad SMARTS) is 1. The SMILES string of the molecule is Cc1ccsc1C1(C(=O)O)CCCCC1. The van der Waals surface area contributed by atoms with Crippen molar-refractivity contribution in [2.45, 2.75) is 44.4 Å². The first-order chi connectivity index (χ1) is 7.17. The molecule has 3 heteroatoms. The molecule has 2 nitrogen and oxygen atoms in total. The summed E-state index contributed by atoms with van der Waals surface area (Å²) in [5, 5.41) is 11.5. The summed E-state index contributed by atoms with van der Waals surface area (Å²) < 4.78 is 0. The molecule has 1 fully saturated rings. The summed E-state index contributed by atoms with van der Waals surface area (Å²) in [7, 11) is 0. The predicted molar refractivity (Wildman–Crippen MR) is 61.5 cm³/mol. The van der Waals surface area contributed by atoms with Crippen LogP contribution >= 0.6 is 11.3 Å². The third-order valence-electron chi connectivity index (χ3n) is 3.41. The molecule has 1 aliphatic rings. The van der Waals surface area contributed by atoms with E-state index in [0.29, 0.717) is 0 Å². The predicted octanol–water partition coefficient (Wildman–Crippen LogP) is 3.34. The summed E-state index contributed by atoms with van der Waals surface area (Å²) in [6.45, 7) is 2.02. The summed E-state index contributed by atoms with van der Waals surface area (Å²) in [5.74, 6) is -0.632. The van der Waals surface area contributed by atoms with Crippen LogP contribution in [-0.2, 0) is 10.2 Å². The summed E-state index contributed by atoms with van der Waals surface area (Å²) in [5.41, 5.74) is 0.570. The molecule has 0 aliphatic heterocycles. The maximum absolute atomic E-state index is 11.5. The van der Waals surface area contributed by atoms with Gasteiger partial charge < -0.3 is 5.11 Å². The van der Waals surface area contributed by atoms with Crippen molar-refractivity contribution in [2.24, 2.45) is 0 Å². The van der Waals surface area contributed by atoms with Gasteiger partial charge in [0.2, 0.25) is 0 Å². The number of hydrogen-bond donors (Lipinski definition) is 1. The summed E-state index contributed by atoms with van der Waals surface area (Å²) in [4.78, 5) is 12.6. The number of hydrogen-bond acceptors (Lipinski definition) is 2. The second kappa shape index (κ2) is 3.97. The summed E-state index contributed by atoms with van der Waals surface area (Å²) in [6, 6.07) is 2.03. The molecule has 1 aromatic heterocycles. The lowest BCUT2D eigenvalue weighted by molar-refractivity contribution is -0.145. The van der Waals surface area contributed by atoms with E-state index in [4.69, 9.17) is 0 Å². The Labute approximate surface area is 93.9 Å². The molecular weight excluding hydrogens is 208 g/mol. The van der Waals surface area contributed by atoms with Crippen LogP contribution in [0.1, 0.15) is 42.5 Å². The molecule has 1 aliphatic carbocycles. The molecule has 0 bridgehead atoms. The molecule has 0 spiro atoms. The van der Waals surface area contributed by atoms with E-state index in [0.717, 1.165) is 36.1 Å². The van der Waals surface area contributed by atoms with Crippen molar-refractivity contribution in [3.63, 3.8) is 0 Å². The van der Waals surface area contributed by atoms with Crippen LogP contribution in [-0.4, -0.2) is 11.1 Å². The second-order valence-electron chi connectivity index (χ2n) is 4.38. The molecule has 0 saturated heterocycles. The average Bonchev–Trinajstić information content (AvgIpc) is 2.66. The van der Waals surface area contributed by atoms with Gasteiger partial charge in [0, 0.05) is 4.88 Å². The van der Waals surface area contributed by atoms with Crippen molar-refractivity contribution >= 4 is 17.3 Å². The van der Waals surface area contributed by atoms with Gasteiger partial charge in [-0.1, -0.05) is 19.3 Å². The van der Waals surface area contributed by atoms with E-state index in [-0.39, 0.29) is 0 Å². The van der Waals surface area contributed by atoms with Crippen molar-refractivity contribution in [3.05, 3.63) is 21.9 Å². The normalized spacial score (nSPS) is 20.1. The first-order valence-electron chi connectivity index (χ1n) is 5.45. The Morgan fingerprint density at radius 3 is 2.53 bits per heavy atom. The second-order valence-corrected chi connectivity index (χ2v) is 5.30. The first kappa shape index (κ1) is 10.7. The zero-order valence-electron chi connectivity index (χ0n) is 8.95. The molecule has 1 saturated carbocycles. The molecule has 1 heterocycles. The Bertz CT molecular complexity index is 361. The number of carbonyl (C=O) groups is 1. The Morgan fingerprint density at radius 2 is 2.07 bits per heavy atom. The average molecular weight is 224 g/mol. The van der Waals surface area contributed by atoms with Gasteiger partial charge in [-0.2, -0.15) is 0 Å². The highest BCUT2D eigenvalue weighted by molar-refractivity contribution is 7.10. The van der Waals surface area contributed by atoms with Gasteiger partial charge in [0.05, 0.1) is 0 Å². The van der Waals surface area contributed by atoms with Gasteiger partial charge in [0.15, 0.2) is 0 Å². The lowest BCUT2D eigenvalue weighted by Crippen LogP contribution is -2.37. The van der Waals surface area contributed by atoms with Crippen LogP contribution in [0.4, 0.5) is 0 Å². The number of aryl methyl sites for hydroxylation is 1. The van der Waals surface area contributed by atoms with E-state index in [2.05, 4.69) is 0 Å². The number of carboxylic acids is 1. The van der Waals surface area contributed by atoms with Gasteiger partial charge in [-0.25, -0.2) is 0 Å². The van der Waals surface area contributed by atoms with Gasteiger partial charge in [-0.3, -0.25) is 4.79 Å². The van der Waals surface area contributed by atoms with Gasteiger partial charge in [-0.05, 0) is 36.8 Å². The van der Waals surface area contributed by atoms with Crippen LogP contribution in [0.2, 0.25) is 0 Å². The van der Waals surface area contributed by atoms with Crippen molar-refractivity contribution in [2.75, 3.05) is 0 Å². The number of aliphatic carboxylic acids is 1. The van der Waals surface area contributed by atoms with E-state index >= 15 is 0 Å². The fraction of sp³-hybridized carbons (Fsp3) is 0.583. The minimum absolute atomic E-state index is 0.573. The smallest absolute Gasteiger partial charge is 0.314 e. The fourth-order valence-electron chi connectivity index (χ4n) is 2.56. The molecule has 0 aromatic carbocycles. The van der Waals surface area contributed by atoms with Gasteiger partial charge in [0.25, 0.3) is 0 Å². The molecule has 0 amide bonds. The third kappa shape index (κ3) is 1.69. The highest BCUT2D eigenvalue weighted by atomic mass is 32.1. The van der Waals surface area contributed by atoms with Crippen molar-refractivity contribution in [1.29, 1.82) is 0 Å². The summed E-state index contributed by atoms with van der Waals surface area (Å²) >= 11 is 1.60. The highest BCUT2D eigenvalue weighted by Gasteiger charge is 2.42. The Hall–Kier alpha value is -0.830. The highest BCUT2D eigenvalue weighted by Crippen LogP contribution is 2.43. The van der Waals surface area contributed by atoms with Crippen LogP contribution in [0.3, 0.4) is 0 Å². The number of thiophene rings is 1. The van der Waals surface area contributed by atoms with Crippen LogP contribution in [0, 0.1) is 6.92 Å². The topological polar surface area (TPSA) is 37.3 Å². The molecule has 1 aromatic rings. The van der Waals surface area contributed by atoms with E-state index in [1.165, 1.54) is 6.42 Å². The molecule has 0 atom stereocenters. The molecule has 82 valence electrons. The largest absolute Gasteiger partial charge is 0.481 e. The molecule has 15 heavy (non-hydrogen) atoms. The van der Waals surface area contributed by atoms with Gasteiger partial charge in [-0.15, -0.1) is 11.3 Å². The van der Waals surface area contributed by atoms with E-state index in [1.54, 1.807) is 11.3 Å². The monoisotopic (exact) mass is 224 g/mol. The van der Waals surface area contributed by atoms with Gasteiger partial charge >= 0.3 is 5.97 Å². The molecular formula is C12H16O2S. The van der Waals surface area contributed by atoms with Crippen LogP contribution in [0.15, 0.2) is 11.4 Å². The Morgan fingerprint density at radius 1 is 1.40 bits per heavy atom. The van der Waals surface area contributed by atoms with Gasteiger partial charge in [0.1, 0.15) is 5.41 Å². The van der Waals surface area contributed by atoms with E-state index < -0.39 is 11.4 Å². The maximum Gasteiger partial charge on any atom is 0.314 e. The zero-order chi connectivity index (χ0) is 10.9. The third-order valence-corrected chi connectivity index (χ3v) is 4.63. The molecule has 1 N–H and O–H groups in total. The first-order valence-corrected chi connectivity index (χ1v) is 6.33. The quantitative estimate of drug-likeness (QED) is 0.836. The minimum Gasteiger partial charge on any atom is -0.481 e. The zero-order valence-corrected chi connectivity index (χ0v) is 9.77. The van der Waals surface area contributed by atoms with Crippen molar-refractivity contribution in [1.82, 2.24) is 0 Å². The Kier molecular flexibility index (Phi) is 2.83. The lowest BCUT2D eigenvalue weighted by Gasteiger charge is -2.33. The lowest BCUT2D eigenvalue weighted by atomic mass is 9.72. The maximum atomic E-state index is 11.5. The molecule has 0 radical (unpaired) electrons. The summed E-state index contributed by atoms with van der Waals surface area (Å²) in [6.07, 6.45) is 4.89.